The largest absolute Gasteiger partial charge is 0.468 e. The van der Waals surface area contributed by atoms with E-state index in [1.165, 1.54) is 26.4 Å². The number of nitrogens with one attached hydrogen (secondary N) is 1. The van der Waals surface area contributed by atoms with Crippen LogP contribution >= 0.6 is 11.6 Å². The molecule has 1 saturated carbocycles. The second kappa shape index (κ2) is 7.09. The summed E-state index contributed by atoms with van der Waals surface area (Å²) >= 11 is 5.91. The number of carbonyl (C=O) groups is 1. The summed E-state index contributed by atoms with van der Waals surface area (Å²) in [5.41, 5.74) is 0.902. The average Bonchev–Trinajstić information content (AvgIpc) is 2.47. The molecule has 1 fully saturated rings. The summed E-state index contributed by atoms with van der Waals surface area (Å²) < 4.78 is 4.94. The van der Waals surface area contributed by atoms with E-state index in [-0.39, 0.29) is 5.97 Å². The zero-order chi connectivity index (χ0) is 14.5. The van der Waals surface area contributed by atoms with Gasteiger partial charge in [-0.05, 0) is 36.5 Å². The first kappa shape index (κ1) is 15.3. The molecule has 1 aromatic carbocycles. The Morgan fingerprint density at radius 1 is 1.30 bits per heavy atom. The highest BCUT2D eigenvalue weighted by atomic mass is 35.5. The predicted molar refractivity (Wildman–Crippen MR) is 80.8 cm³/mol. The molecule has 3 unspecified atom stereocenters. The van der Waals surface area contributed by atoms with Crippen molar-refractivity contribution in [1.82, 2.24) is 5.32 Å². The van der Waals surface area contributed by atoms with Crippen molar-refractivity contribution in [2.24, 2.45) is 5.92 Å². The molecule has 3 atom stereocenters. The number of ether oxygens (including phenoxy) is 1. The Labute approximate surface area is 125 Å². The smallest absolute Gasteiger partial charge is 0.327 e. The first-order valence-corrected chi connectivity index (χ1v) is 7.59. The molecule has 3 nitrogen and oxygen atoms in total. The third kappa shape index (κ3) is 3.74. The molecule has 1 N–H and O–H groups in total. The highest BCUT2D eigenvalue weighted by Crippen LogP contribution is 2.27. The summed E-state index contributed by atoms with van der Waals surface area (Å²) in [5, 5.41) is 4.14. The van der Waals surface area contributed by atoms with Gasteiger partial charge in [-0.1, -0.05) is 43.5 Å². The van der Waals surface area contributed by atoms with Gasteiger partial charge in [-0.15, -0.1) is 0 Å². The van der Waals surface area contributed by atoms with Crippen molar-refractivity contribution in [3.05, 3.63) is 34.9 Å². The summed E-state index contributed by atoms with van der Waals surface area (Å²) in [6, 6.07) is 7.32. The number of rotatable bonds is 4. The molecule has 0 aromatic heterocycles. The van der Waals surface area contributed by atoms with Gasteiger partial charge in [-0.2, -0.15) is 0 Å². The van der Waals surface area contributed by atoms with Gasteiger partial charge in [0.25, 0.3) is 0 Å². The number of hydrogen-bond donors (Lipinski definition) is 1. The summed E-state index contributed by atoms with van der Waals surface area (Å²) in [6.07, 6.45) is 4.83. The summed E-state index contributed by atoms with van der Waals surface area (Å²) in [4.78, 5) is 12.1. The van der Waals surface area contributed by atoms with Crippen LogP contribution in [0.5, 0.6) is 0 Å². The van der Waals surface area contributed by atoms with E-state index in [0.29, 0.717) is 17.0 Å². The average molecular weight is 296 g/mol. The minimum atomic E-state index is -0.414. The minimum Gasteiger partial charge on any atom is -0.468 e. The Hall–Kier alpha value is -1.06. The number of halogens is 1. The molecule has 2 rings (SSSR count). The fraction of sp³-hybridized carbons (Fsp3) is 0.562. The molecule has 0 aliphatic heterocycles. The van der Waals surface area contributed by atoms with Crippen LogP contribution in [0.1, 0.15) is 44.2 Å². The van der Waals surface area contributed by atoms with Crippen LogP contribution < -0.4 is 5.32 Å². The van der Waals surface area contributed by atoms with Gasteiger partial charge in [0, 0.05) is 11.1 Å². The van der Waals surface area contributed by atoms with E-state index >= 15 is 0 Å². The Kier molecular flexibility index (Phi) is 5.44. The molecule has 1 aliphatic rings. The van der Waals surface area contributed by atoms with E-state index in [2.05, 4.69) is 12.2 Å². The van der Waals surface area contributed by atoms with Gasteiger partial charge in [0.15, 0.2) is 0 Å². The molecule has 0 heterocycles. The van der Waals surface area contributed by atoms with Crippen molar-refractivity contribution in [3.63, 3.8) is 0 Å². The van der Waals surface area contributed by atoms with Crippen LogP contribution in [0.25, 0.3) is 0 Å². The molecule has 0 spiro atoms. The molecule has 0 amide bonds. The quantitative estimate of drug-likeness (QED) is 0.860. The van der Waals surface area contributed by atoms with Gasteiger partial charge in [0.1, 0.15) is 6.04 Å². The fourth-order valence-corrected chi connectivity index (χ4v) is 2.98. The highest BCUT2D eigenvalue weighted by Gasteiger charge is 2.28. The second-order valence-corrected chi connectivity index (χ2v) is 5.98. The number of methoxy groups -OCH3 is 1. The predicted octanol–water partition coefficient (Wildman–Crippen LogP) is 3.72. The van der Waals surface area contributed by atoms with Gasteiger partial charge in [-0.25, -0.2) is 4.79 Å². The number of esters is 1. The maximum Gasteiger partial charge on any atom is 0.327 e. The standard InChI is InChI=1S/C16H22ClNO2/c1-11-5-3-4-6-14(11)18-15(16(19)20-2)12-7-9-13(17)10-8-12/h7-11,14-15,18H,3-6H2,1-2H3. The zero-order valence-corrected chi connectivity index (χ0v) is 12.8. The van der Waals surface area contributed by atoms with E-state index in [9.17, 15) is 4.79 Å². The van der Waals surface area contributed by atoms with Gasteiger partial charge in [0.2, 0.25) is 0 Å². The topological polar surface area (TPSA) is 38.3 Å². The lowest BCUT2D eigenvalue weighted by atomic mass is 9.85. The molecule has 1 aromatic rings. The van der Waals surface area contributed by atoms with Gasteiger partial charge >= 0.3 is 5.97 Å². The van der Waals surface area contributed by atoms with E-state index in [4.69, 9.17) is 16.3 Å². The third-order valence-corrected chi connectivity index (χ3v) is 4.38. The minimum absolute atomic E-state index is 0.245. The Balaban J connectivity index is 2.15. The molecular weight excluding hydrogens is 274 g/mol. The number of carbonyl (C=O) groups excluding carboxylic acids is 1. The lowest BCUT2D eigenvalue weighted by Gasteiger charge is -2.32. The maximum absolute atomic E-state index is 12.1. The number of benzene rings is 1. The fourth-order valence-electron chi connectivity index (χ4n) is 2.85. The monoisotopic (exact) mass is 295 g/mol. The SMILES string of the molecule is COC(=O)C(NC1CCCCC1C)c1ccc(Cl)cc1. The summed E-state index contributed by atoms with van der Waals surface area (Å²) in [6.45, 7) is 2.24. The van der Waals surface area contributed by atoms with Crippen LogP contribution in [0.3, 0.4) is 0 Å². The van der Waals surface area contributed by atoms with E-state index in [1.54, 1.807) is 12.1 Å². The maximum atomic E-state index is 12.1. The van der Waals surface area contributed by atoms with Crippen LogP contribution in [-0.4, -0.2) is 19.1 Å². The van der Waals surface area contributed by atoms with Crippen LogP contribution in [0.15, 0.2) is 24.3 Å². The van der Waals surface area contributed by atoms with Gasteiger partial charge in [0.05, 0.1) is 7.11 Å². The first-order chi connectivity index (χ1) is 9.61. The van der Waals surface area contributed by atoms with Gasteiger partial charge in [-0.3, -0.25) is 5.32 Å². The Morgan fingerprint density at radius 3 is 2.55 bits per heavy atom. The summed E-state index contributed by atoms with van der Waals surface area (Å²) in [5.74, 6) is 0.341. The Morgan fingerprint density at radius 2 is 1.95 bits per heavy atom. The van der Waals surface area contributed by atoms with Crippen molar-refractivity contribution < 1.29 is 9.53 Å². The van der Waals surface area contributed by atoms with E-state index in [0.717, 1.165) is 12.0 Å². The molecule has 0 radical (unpaired) electrons. The molecule has 20 heavy (non-hydrogen) atoms. The van der Waals surface area contributed by atoms with Gasteiger partial charge < -0.3 is 4.74 Å². The molecule has 1 aliphatic carbocycles. The van der Waals surface area contributed by atoms with E-state index < -0.39 is 6.04 Å². The first-order valence-electron chi connectivity index (χ1n) is 7.21. The highest BCUT2D eigenvalue weighted by molar-refractivity contribution is 6.30. The molecule has 4 heteroatoms. The molecule has 0 saturated heterocycles. The lowest BCUT2D eigenvalue weighted by Crippen LogP contribution is -2.42. The van der Waals surface area contributed by atoms with Crippen molar-refractivity contribution >= 4 is 17.6 Å². The van der Waals surface area contributed by atoms with Crippen molar-refractivity contribution in [1.29, 1.82) is 0 Å². The van der Waals surface area contributed by atoms with E-state index in [1.807, 2.05) is 12.1 Å². The Bertz CT molecular complexity index is 446. The molecule has 110 valence electrons. The van der Waals surface area contributed by atoms with Crippen LogP contribution in [0.4, 0.5) is 0 Å². The second-order valence-electron chi connectivity index (χ2n) is 5.54. The zero-order valence-electron chi connectivity index (χ0n) is 12.1. The van der Waals surface area contributed by atoms with Crippen LogP contribution in [0.2, 0.25) is 5.02 Å². The van der Waals surface area contributed by atoms with Crippen LogP contribution in [-0.2, 0) is 9.53 Å². The number of hydrogen-bond acceptors (Lipinski definition) is 3. The van der Waals surface area contributed by atoms with Crippen molar-refractivity contribution in [2.45, 2.75) is 44.7 Å². The molecule has 0 bridgehead atoms. The third-order valence-electron chi connectivity index (χ3n) is 4.13. The van der Waals surface area contributed by atoms with Crippen LogP contribution in [0, 0.1) is 5.92 Å². The van der Waals surface area contributed by atoms with Crippen molar-refractivity contribution in [2.75, 3.05) is 7.11 Å². The summed E-state index contributed by atoms with van der Waals surface area (Å²) in [7, 11) is 1.43. The van der Waals surface area contributed by atoms with Crippen molar-refractivity contribution in [3.8, 4) is 0 Å². The normalized spacial score (nSPS) is 24.1. The molecular formula is C16H22ClNO2. The lowest BCUT2D eigenvalue weighted by molar-refractivity contribution is -0.143.